The van der Waals surface area contributed by atoms with Gasteiger partial charge in [0, 0.05) is 27.0 Å². The molecule has 0 bridgehead atoms. The van der Waals surface area contributed by atoms with Crippen LogP contribution in [0.25, 0.3) is 21.3 Å². The average Bonchev–Trinajstić information content (AvgIpc) is 3.35. The van der Waals surface area contributed by atoms with Crippen LogP contribution in [0.15, 0.2) is 41.8 Å². The highest BCUT2D eigenvalue weighted by Crippen LogP contribution is 2.38. The summed E-state index contributed by atoms with van der Waals surface area (Å²) in [5.74, 6) is -0.932. The van der Waals surface area contributed by atoms with Gasteiger partial charge in [-0.3, -0.25) is 4.79 Å². The van der Waals surface area contributed by atoms with Crippen molar-refractivity contribution in [2.24, 2.45) is 0 Å². The number of thiophene rings is 2. The zero-order valence-electron chi connectivity index (χ0n) is 17.4. The Morgan fingerprint density at radius 3 is 2.62 bits per heavy atom. The fourth-order valence-electron chi connectivity index (χ4n) is 3.36. The van der Waals surface area contributed by atoms with Gasteiger partial charge in [0.2, 0.25) is 0 Å². The van der Waals surface area contributed by atoms with Crippen molar-refractivity contribution in [3.8, 4) is 11.1 Å². The van der Waals surface area contributed by atoms with E-state index in [1.165, 1.54) is 29.8 Å². The number of nitrogens with one attached hydrogen (secondary N) is 1. The third kappa shape index (κ3) is 4.21. The number of carbonyl (C=O) groups excluding carboxylic acids is 2. The number of carbonyl (C=O) groups is 2. The van der Waals surface area contributed by atoms with Crippen LogP contribution in [0.1, 0.15) is 39.1 Å². The van der Waals surface area contributed by atoms with Crippen molar-refractivity contribution in [3.63, 3.8) is 0 Å². The number of nitrogens with two attached hydrogens (primary N) is 1. The molecule has 0 aliphatic carbocycles. The van der Waals surface area contributed by atoms with Crippen LogP contribution in [-0.2, 0) is 11.2 Å². The van der Waals surface area contributed by atoms with E-state index in [1.807, 2.05) is 24.3 Å². The van der Waals surface area contributed by atoms with Gasteiger partial charge in [-0.05, 0) is 36.2 Å². The van der Waals surface area contributed by atoms with Gasteiger partial charge in [0.15, 0.2) is 0 Å². The number of pyridine rings is 1. The van der Waals surface area contributed by atoms with Gasteiger partial charge in [0.05, 0.1) is 12.8 Å². The number of hydrogen-bond donors (Lipinski definition) is 2. The zero-order valence-corrected chi connectivity index (χ0v) is 19.8. The molecule has 3 heterocycles. The van der Waals surface area contributed by atoms with Crippen molar-refractivity contribution in [2.45, 2.75) is 19.8 Å². The number of halogens is 1. The Bertz CT molecular complexity index is 1310. The van der Waals surface area contributed by atoms with Gasteiger partial charge in [0.1, 0.15) is 20.3 Å². The summed E-state index contributed by atoms with van der Waals surface area (Å²) < 4.78 is 4.97. The molecule has 0 unspecified atom stereocenters. The second-order valence-electron chi connectivity index (χ2n) is 7.06. The SMILES string of the molecule is CCCc1ccc2c(N)c(C(=O)Nc3scc(-c4ccc(Cl)cc4)c3C(=O)OC)sc2n1. The van der Waals surface area contributed by atoms with Gasteiger partial charge in [-0.25, -0.2) is 9.78 Å². The molecule has 1 aromatic carbocycles. The molecule has 0 saturated carbocycles. The maximum absolute atomic E-state index is 13.1. The summed E-state index contributed by atoms with van der Waals surface area (Å²) in [4.78, 5) is 31.4. The minimum atomic E-state index is -0.540. The van der Waals surface area contributed by atoms with Crippen LogP contribution in [0.5, 0.6) is 0 Å². The third-order valence-electron chi connectivity index (χ3n) is 4.93. The van der Waals surface area contributed by atoms with Crippen LogP contribution in [0.4, 0.5) is 10.7 Å². The van der Waals surface area contributed by atoms with Gasteiger partial charge in [-0.2, -0.15) is 0 Å². The molecule has 4 rings (SSSR count). The topological polar surface area (TPSA) is 94.3 Å². The summed E-state index contributed by atoms with van der Waals surface area (Å²) in [7, 11) is 1.31. The maximum Gasteiger partial charge on any atom is 0.341 e. The van der Waals surface area contributed by atoms with Crippen LogP contribution >= 0.6 is 34.3 Å². The van der Waals surface area contributed by atoms with Crippen LogP contribution < -0.4 is 11.1 Å². The first kappa shape index (κ1) is 22.3. The fraction of sp³-hybridized carbons (Fsp3) is 0.174. The standard InChI is InChI=1S/C23H20ClN3O3S2/c1-3-4-14-9-10-15-18(25)19(32-21(15)26-14)20(28)27-22-17(23(29)30-2)16(11-31-22)12-5-7-13(24)8-6-12/h5-11H,3-4,25H2,1-2H3,(H,27,28). The minimum absolute atomic E-state index is 0.288. The molecule has 9 heteroatoms. The van der Waals surface area contributed by atoms with E-state index in [2.05, 4.69) is 17.2 Å². The monoisotopic (exact) mass is 485 g/mol. The molecule has 3 aromatic heterocycles. The van der Waals surface area contributed by atoms with E-state index in [4.69, 9.17) is 22.1 Å². The molecule has 0 atom stereocenters. The van der Waals surface area contributed by atoms with Crippen LogP contribution in [-0.4, -0.2) is 24.0 Å². The number of nitrogen functional groups attached to an aromatic ring is 1. The summed E-state index contributed by atoms with van der Waals surface area (Å²) in [6.45, 7) is 2.09. The predicted octanol–water partition coefficient (Wildman–Crippen LogP) is 6.25. The van der Waals surface area contributed by atoms with Gasteiger partial charge < -0.3 is 15.8 Å². The molecule has 6 nitrogen and oxygen atoms in total. The van der Waals surface area contributed by atoms with Gasteiger partial charge in [-0.15, -0.1) is 22.7 Å². The molecule has 0 spiro atoms. The van der Waals surface area contributed by atoms with Crippen molar-refractivity contribution >= 4 is 67.1 Å². The quantitative estimate of drug-likeness (QED) is 0.315. The summed E-state index contributed by atoms with van der Waals surface area (Å²) in [5.41, 5.74) is 9.34. The van der Waals surface area contributed by atoms with E-state index in [0.717, 1.165) is 34.3 Å². The molecule has 0 fully saturated rings. The Balaban J connectivity index is 1.69. The lowest BCUT2D eigenvalue weighted by molar-refractivity contribution is 0.0603. The number of amides is 1. The summed E-state index contributed by atoms with van der Waals surface area (Å²) in [5, 5.41) is 6.38. The lowest BCUT2D eigenvalue weighted by Gasteiger charge is -2.07. The van der Waals surface area contributed by atoms with Crippen molar-refractivity contribution in [3.05, 3.63) is 62.9 Å². The molecule has 1 amide bonds. The van der Waals surface area contributed by atoms with Gasteiger partial charge in [0.25, 0.3) is 5.91 Å². The number of anilines is 2. The van der Waals surface area contributed by atoms with Crippen LogP contribution in [0.3, 0.4) is 0 Å². The van der Waals surface area contributed by atoms with E-state index in [0.29, 0.717) is 26.2 Å². The molecule has 0 aliphatic rings. The summed E-state index contributed by atoms with van der Waals surface area (Å²) in [6.07, 6.45) is 1.85. The smallest absolute Gasteiger partial charge is 0.341 e. The Morgan fingerprint density at radius 1 is 1.19 bits per heavy atom. The highest BCUT2D eigenvalue weighted by atomic mass is 35.5. The Labute approximate surface area is 198 Å². The second-order valence-corrected chi connectivity index (χ2v) is 9.37. The lowest BCUT2D eigenvalue weighted by Crippen LogP contribution is -2.14. The average molecular weight is 486 g/mol. The number of methoxy groups -OCH3 is 1. The normalized spacial score (nSPS) is 11.0. The first-order valence-electron chi connectivity index (χ1n) is 9.87. The Kier molecular flexibility index (Phi) is 6.45. The molecule has 32 heavy (non-hydrogen) atoms. The highest BCUT2D eigenvalue weighted by molar-refractivity contribution is 7.21. The molecular formula is C23H20ClN3O3S2. The molecule has 3 N–H and O–H groups in total. The summed E-state index contributed by atoms with van der Waals surface area (Å²) >= 11 is 8.47. The molecule has 0 aliphatic heterocycles. The highest BCUT2D eigenvalue weighted by Gasteiger charge is 2.24. The van der Waals surface area contributed by atoms with E-state index in [1.54, 1.807) is 17.5 Å². The predicted molar refractivity (Wildman–Crippen MR) is 132 cm³/mol. The second kappa shape index (κ2) is 9.28. The number of nitrogens with zero attached hydrogens (tertiary/aromatic N) is 1. The fourth-order valence-corrected chi connectivity index (χ4v) is 5.44. The van der Waals surface area contributed by atoms with Crippen LogP contribution in [0, 0.1) is 0 Å². The molecule has 4 aromatic rings. The number of rotatable bonds is 6. The van der Waals surface area contributed by atoms with E-state index in [-0.39, 0.29) is 5.56 Å². The Hall–Kier alpha value is -2.94. The van der Waals surface area contributed by atoms with Crippen molar-refractivity contribution < 1.29 is 14.3 Å². The Morgan fingerprint density at radius 2 is 1.94 bits per heavy atom. The molecular weight excluding hydrogens is 466 g/mol. The number of esters is 1. The van der Waals surface area contributed by atoms with Gasteiger partial charge >= 0.3 is 5.97 Å². The molecule has 0 radical (unpaired) electrons. The molecule has 0 saturated heterocycles. The number of ether oxygens (including phenoxy) is 1. The maximum atomic E-state index is 13.1. The zero-order chi connectivity index (χ0) is 22.8. The summed E-state index contributed by atoms with van der Waals surface area (Å²) in [6, 6.07) is 10.9. The number of aromatic nitrogens is 1. The van der Waals surface area contributed by atoms with Crippen molar-refractivity contribution in [1.82, 2.24) is 4.98 Å². The van der Waals surface area contributed by atoms with Crippen molar-refractivity contribution in [2.75, 3.05) is 18.2 Å². The number of fused-ring (bicyclic) bond motifs is 1. The lowest BCUT2D eigenvalue weighted by atomic mass is 10.0. The van der Waals surface area contributed by atoms with Crippen molar-refractivity contribution in [1.29, 1.82) is 0 Å². The van der Waals surface area contributed by atoms with Crippen LogP contribution in [0.2, 0.25) is 5.02 Å². The minimum Gasteiger partial charge on any atom is -0.465 e. The largest absolute Gasteiger partial charge is 0.465 e. The van der Waals surface area contributed by atoms with E-state index < -0.39 is 11.9 Å². The molecule has 164 valence electrons. The first-order valence-corrected chi connectivity index (χ1v) is 11.9. The van der Waals surface area contributed by atoms with E-state index in [9.17, 15) is 9.59 Å². The van der Waals surface area contributed by atoms with E-state index >= 15 is 0 Å². The number of hydrogen-bond acceptors (Lipinski definition) is 7. The number of aryl methyl sites for hydroxylation is 1. The third-order valence-corrected chi connectivity index (χ3v) is 7.19. The first-order chi connectivity index (χ1) is 15.4. The van der Waals surface area contributed by atoms with Gasteiger partial charge in [-0.1, -0.05) is 37.1 Å². The number of benzene rings is 1.